The molecular weight excluding hydrogens is 444 g/mol. The van der Waals surface area contributed by atoms with E-state index in [9.17, 15) is 14.4 Å². The molecule has 0 aliphatic heterocycles. The lowest BCUT2D eigenvalue weighted by Gasteiger charge is -2.29. The van der Waals surface area contributed by atoms with Crippen molar-refractivity contribution < 1.29 is 24.2 Å². The first kappa shape index (κ1) is 24.8. The minimum Gasteiger partial charge on any atom is -0.481 e. The van der Waals surface area contributed by atoms with Gasteiger partial charge in [0, 0.05) is 24.9 Å². The third-order valence-electron chi connectivity index (χ3n) is 7.63. The summed E-state index contributed by atoms with van der Waals surface area (Å²) in [5, 5.41) is 14.9. The number of carbonyl (C=O) groups is 3. The van der Waals surface area contributed by atoms with E-state index in [-0.39, 0.29) is 43.4 Å². The van der Waals surface area contributed by atoms with Crippen LogP contribution in [0.5, 0.6) is 0 Å². The Labute approximate surface area is 206 Å². The molecule has 2 aliphatic rings. The lowest BCUT2D eigenvalue weighted by Crippen LogP contribution is -2.49. The number of ether oxygens (including phenoxy) is 1. The molecule has 2 amide bonds. The Bertz CT molecular complexity index is 1050. The number of carboxylic acids is 1. The summed E-state index contributed by atoms with van der Waals surface area (Å²) in [6.07, 6.45) is 2.41. The van der Waals surface area contributed by atoms with E-state index in [0.717, 1.165) is 24.0 Å². The van der Waals surface area contributed by atoms with E-state index in [1.807, 2.05) is 38.1 Å². The van der Waals surface area contributed by atoms with E-state index in [2.05, 4.69) is 34.9 Å². The smallest absolute Gasteiger partial charge is 0.407 e. The van der Waals surface area contributed by atoms with Crippen LogP contribution in [0.4, 0.5) is 4.79 Å². The van der Waals surface area contributed by atoms with Gasteiger partial charge in [-0.15, -0.1) is 0 Å². The van der Waals surface area contributed by atoms with Crippen molar-refractivity contribution in [1.29, 1.82) is 0 Å². The van der Waals surface area contributed by atoms with Crippen LogP contribution in [-0.4, -0.2) is 42.3 Å². The number of aliphatic carboxylic acids is 1. The highest BCUT2D eigenvalue weighted by atomic mass is 16.5. The highest BCUT2D eigenvalue weighted by Gasteiger charge is 2.36. The number of carbonyl (C=O) groups excluding carboxylic acids is 2. The number of carboxylic acid groups (broad SMARTS) is 1. The quantitative estimate of drug-likeness (QED) is 0.485. The van der Waals surface area contributed by atoms with Crippen LogP contribution in [0.1, 0.15) is 63.0 Å². The van der Waals surface area contributed by atoms with Crippen LogP contribution in [0.25, 0.3) is 11.1 Å². The molecule has 2 aromatic rings. The molecule has 3 N–H and O–H groups in total. The van der Waals surface area contributed by atoms with Crippen molar-refractivity contribution >= 4 is 18.0 Å². The zero-order valence-electron chi connectivity index (χ0n) is 20.4. The molecule has 0 spiro atoms. The first-order valence-corrected chi connectivity index (χ1v) is 12.4. The van der Waals surface area contributed by atoms with Crippen molar-refractivity contribution in [3.05, 3.63) is 59.7 Å². The monoisotopic (exact) mass is 478 g/mol. The Kier molecular flexibility index (Phi) is 7.43. The van der Waals surface area contributed by atoms with E-state index in [1.54, 1.807) is 0 Å². The van der Waals surface area contributed by atoms with Gasteiger partial charge >= 0.3 is 12.1 Å². The van der Waals surface area contributed by atoms with Gasteiger partial charge in [0.25, 0.3) is 0 Å². The fourth-order valence-corrected chi connectivity index (χ4v) is 5.28. The molecule has 0 bridgehead atoms. The van der Waals surface area contributed by atoms with Crippen LogP contribution in [-0.2, 0) is 14.3 Å². The van der Waals surface area contributed by atoms with E-state index in [1.165, 1.54) is 11.1 Å². The molecular formula is C28H34N2O5. The fourth-order valence-electron chi connectivity index (χ4n) is 5.28. The summed E-state index contributed by atoms with van der Waals surface area (Å²) in [6.45, 7) is 4.13. The predicted octanol–water partition coefficient (Wildman–Crippen LogP) is 4.70. The molecule has 0 radical (unpaired) electrons. The van der Waals surface area contributed by atoms with Gasteiger partial charge in [-0.2, -0.15) is 0 Å². The summed E-state index contributed by atoms with van der Waals surface area (Å²) in [6, 6.07) is 16.3. The van der Waals surface area contributed by atoms with E-state index >= 15 is 0 Å². The second-order valence-corrected chi connectivity index (χ2v) is 10.0. The van der Waals surface area contributed by atoms with Crippen LogP contribution >= 0.6 is 0 Å². The molecule has 0 saturated heterocycles. The van der Waals surface area contributed by atoms with Crippen LogP contribution in [0.3, 0.4) is 0 Å². The molecule has 186 valence electrons. The maximum Gasteiger partial charge on any atom is 0.407 e. The number of fused-ring (bicyclic) bond motifs is 3. The van der Waals surface area contributed by atoms with Crippen molar-refractivity contribution in [3.8, 4) is 11.1 Å². The summed E-state index contributed by atoms with van der Waals surface area (Å²) in [5.41, 5.74) is 3.86. The van der Waals surface area contributed by atoms with Crippen molar-refractivity contribution in [2.45, 2.75) is 57.9 Å². The molecule has 3 atom stereocenters. The highest BCUT2D eigenvalue weighted by molar-refractivity contribution is 5.83. The third kappa shape index (κ3) is 5.50. The van der Waals surface area contributed by atoms with Crippen molar-refractivity contribution in [2.75, 3.05) is 13.2 Å². The molecule has 1 saturated carbocycles. The van der Waals surface area contributed by atoms with Gasteiger partial charge in [-0.3, -0.25) is 9.59 Å². The van der Waals surface area contributed by atoms with Crippen molar-refractivity contribution in [1.82, 2.24) is 10.6 Å². The zero-order chi connectivity index (χ0) is 25.0. The van der Waals surface area contributed by atoms with Crippen LogP contribution in [0, 0.1) is 11.3 Å². The molecule has 35 heavy (non-hydrogen) atoms. The zero-order valence-corrected chi connectivity index (χ0v) is 20.4. The average Bonchev–Trinajstić information content (AvgIpc) is 3.42. The summed E-state index contributed by atoms with van der Waals surface area (Å²) in [7, 11) is 0. The van der Waals surface area contributed by atoms with Gasteiger partial charge < -0.3 is 20.5 Å². The Morgan fingerprint density at radius 2 is 1.66 bits per heavy atom. The second-order valence-electron chi connectivity index (χ2n) is 10.0. The maximum absolute atomic E-state index is 13.0. The first-order valence-electron chi connectivity index (χ1n) is 12.4. The molecule has 1 fully saturated rings. The Morgan fingerprint density at radius 1 is 1.03 bits per heavy atom. The summed E-state index contributed by atoms with van der Waals surface area (Å²) in [5.74, 6) is -0.840. The molecule has 4 rings (SSSR count). The van der Waals surface area contributed by atoms with E-state index in [4.69, 9.17) is 9.84 Å². The van der Waals surface area contributed by atoms with Gasteiger partial charge in [0.15, 0.2) is 0 Å². The van der Waals surface area contributed by atoms with Gasteiger partial charge in [-0.05, 0) is 60.8 Å². The topological polar surface area (TPSA) is 105 Å². The van der Waals surface area contributed by atoms with Crippen LogP contribution in [0.2, 0.25) is 0 Å². The van der Waals surface area contributed by atoms with Gasteiger partial charge in [0.05, 0.1) is 5.41 Å². The lowest BCUT2D eigenvalue weighted by atomic mass is 9.86. The highest BCUT2D eigenvalue weighted by Crippen LogP contribution is 2.44. The van der Waals surface area contributed by atoms with E-state index < -0.39 is 17.5 Å². The SMILES string of the molecule is CCC(C)(CNC(=O)OCC1c2ccccc2-c2ccccc21)C(=O)N[C@@H]1CC[C@H](CC(=O)O)C1. The minimum absolute atomic E-state index is 0.0184. The van der Waals surface area contributed by atoms with E-state index in [0.29, 0.717) is 12.8 Å². The number of alkyl carbamates (subject to hydrolysis) is 1. The minimum atomic E-state index is -0.798. The number of amides is 2. The summed E-state index contributed by atoms with van der Waals surface area (Å²) in [4.78, 5) is 36.6. The van der Waals surface area contributed by atoms with Crippen LogP contribution in [0.15, 0.2) is 48.5 Å². The van der Waals surface area contributed by atoms with Gasteiger partial charge in [-0.1, -0.05) is 55.5 Å². The Hall–Kier alpha value is -3.35. The Balaban J connectivity index is 1.30. The van der Waals surface area contributed by atoms with Crippen molar-refractivity contribution in [3.63, 3.8) is 0 Å². The lowest BCUT2D eigenvalue weighted by molar-refractivity contribution is -0.138. The number of hydrogen-bond donors (Lipinski definition) is 3. The maximum atomic E-state index is 13.0. The fraction of sp³-hybridized carbons (Fsp3) is 0.464. The average molecular weight is 479 g/mol. The summed E-state index contributed by atoms with van der Waals surface area (Å²) < 4.78 is 5.61. The normalized spacial score (nSPS) is 20.4. The number of benzene rings is 2. The molecule has 0 aromatic heterocycles. The summed E-state index contributed by atoms with van der Waals surface area (Å²) >= 11 is 0. The first-order chi connectivity index (χ1) is 16.8. The predicted molar refractivity (Wildman–Crippen MR) is 133 cm³/mol. The molecule has 1 unspecified atom stereocenters. The molecule has 7 nitrogen and oxygen atoms in total. The van der Waals surface area contributed by atoms with Gasteiger partial charge in [0.1, 0.15) is 6.61 Å². The number of nitrogens with one attached hydrogen (secondary N) is 2. The van der Waals surface area contributed by atoms with Gasteiger partial charge in [0.2, 0.25) is 5.91 Å². The number of rotatable bonds is 9. The molecule has 2 aliphatic carbocycles. The molecule has 2 aromatic carbocycles. The number of hydrogen-bond acceptors (Lipinski definition) is 4. The Morgan fingerprint density at radius 3 is 2.26 bits per heavy atom. The standard InChI is InChI=1S/C28H34N2O5/c1-3-28(2,26(33)30-19-13-12-18(14-19)15-25(31)32)17-29-27(34)35-16-24-22-10-6-4-8-20(22)21-9-5-7-11-23(21)24/h4-11,18-19,24H,3,12-17H2,1-2H3,(H,29,34)(H,30,33)(H,31,32)/t18-,19+,28?/m0/s1. The largest absolute Gasteiger partial charge is 0.481 e. The second kappa shape index (κ2) is 10.5. The third-order valence-corrected chi connectivity index (χ3v) is 7.63. The van der Waals surface area contributed by atoms with Gasteiger partial charge in [-0.25, -0.2) is 4.79 Å². The molecule has 0 heterocycles. The van der Waals surface area contributed by atoms with Crippen molar-refractivity contribution in [2.24, 2.45) is 11.3 Å². The molecule has 7 heteroatoms. The van der Waals surface area contributed by atoms with Crippen LogP contribution < -0.4 is 10.6 Å².